The highest BCUT2D eigenvalue weighted by atomic mass is 16.2. The Labute approximate surface area is 185 Å². The topological polar surface area (TPSA) is 40.6 Å². The number of para-hydroxylation sites is 1. The van der Waals surface area contributed by atoms with Crippen LogP contribution in [-0.4, -0.2) is 37.2 Å². The first-order valence-corrected chi connectivity index (χ1v) is 11.5. The normalized spacial score (nSPS) is 24.2. The zero-order valence-electron chi connectivity index (χ0n) is 19.1. The number of benzene rings is 2. The Balaban J connectivity index is 1.61. The fraction of sp³-hybridized carbons (Fsp3) is 0.481. The van der Waals surface area contributed by atoms with E-state index in [9.17, 15) is 9.59 Å². The van der Waals surface area contributed by atoms with E-state index >= 15 is 0 Å². The minimum Gasteiger partial charge on any atom is -0.367 e. The molecule has 31 heavy (non-hydrogen) atoms. The fourth-order valence-electron chi connectivity index (χ4n) is 6.12. The molecule has 2 aliphatic heterocycles. The lowest BCUT2D eigenvalue weighted by Crippen LogP contribution is -2.69. The second kappa shape index (κ2) is 6.94. The maximum Gasteiger partial charge on any atom is 0.149 e. The van der Waals surface area contributed by atoms with Crippen molar-refractivity contribution in [3.63, 3.8) is 0 Å². The van der Waals surface area contributed by atoms with E-state index in [0.29, 0.717) is 25.8 Å². The molecule has 5 rings (SSSR count). The average molecular weight is 417 g/mol. The summed E-state index contributed by atoms with van der Waals surface area (Å²) >= 11 is 0. The lowest BCUT2D eigenvalue weighted by molar-refractivity contribution is -0.150. The summed E-state index contributed by atoms with van der Waals surface area (Å²) in [6.07, 6.45) is 1.50. The van der Waals surface area contributed by atoms with E-state index in [1.807, 2.05) is 19.9 Å². The predicted molar refractivity (Wildman–Crippen MR) is 125 cm³/mol. The summed E-state index contributed by atoms with van der Waals surface area (Å²) in [5.41, 5.74) is 4.94. The Morgan fingerprint density at radius 1 is 0.839 bits per heavy atom. The van der Waals surface area contributed by atoms with E-state index in [-0.39, 0.29) is 23.0 Å². The molecule has 1 spiro atoms. The van der Waals surface area contributed by atoms with Crippen LogP contribution in [0.15, 0.2) is 42.5 Å². The molecule has 0 amide bonds. The van der Waals surface area contributed by atoms with Crippen LogP contribution in [-0.2, 0) is 16.0 Å². The lowest BCUT2D eigenvalue weighted by Gasteiger charge is -2.56. The molecule has 1 saturated heterocycles. The van der Waals surface area contributed by atoms with Gasteiger partial charge in [0.05, 0.1) is 6.04 Å². The van der Waals surface area contributed by atoms with Gasteiger partial charge in [0.15, 0.2) is 0 Å². The third-order valence-corrected chi connectivity index (χ3v) is 7.91. The van der Waals surface area contributed by atoms with Gasteiger partial charge < -0.3 is 9.80 Å². The Kier molecular flexibility index (Phi) is 4.55. The molecule has 1 aliphatic carbocycles. The van der Waals surface area contributed by atoms with E-state index in [1.165, 1.54) is 22.5 Å². The molecule has 3 aliphatic rings. The number of aryl methyl sites for hydroxylation is 1. The molecule has 1 saturated carbocycles. The Morgan fingerprint density at radius 3 is 2.26 bits per heavy atom. The number of carbonyl (C=O) groups is 2. The number of Topliss-reactive ketones (excluding diaryl/α,β-unsaturated/α-hetero) is 2. The van der Waals surface area contributed by atoms with Gasteiger partial charge in [-0.2, -0.15) is 0 Å². The number of rotatable bonds is 1. The first-order chi connectivity index (χ1) is 14.7. The minimum atomic E-state index is -0.930. The van der Waals surface area contributed by atoms with Crippen molar-refractivity contribution in [3.05, 3.63) is 59.2 Å². The summed E-state index contributed by atoms with van der Waals surface area (Å²) in [6.45, 7) is 10.8. The van der Waals surface area contributed by atoms with E-state index in [1.54, 1.807) is 0 Å². The van der Waals surface area contributed by atoms with Crippen molar-refractivity contribution >= 4 is 22.9 Å². The largest absolute Gasteiger partial charge is 0.367 e. The van der Waals surface area contributed by atoms with Crippen LogP contribution in [0.3, 0.4) is 0 Å². The first kappa shape index (κ1) is 20.3. The van der Waals surface area contributed by atoms with Gasteiger partial charge in [-0.05, 0) is 54.5 Å². The van der Waals surface area contributed by atoms with Crippen molar-refractivity contribution in [1.29, 1.82) is 0 Å². The summed E-state index contributed by atoms with van der Waals surface area (Å²) in [7, 11) is 0. The van der Waals surface area contributed by atoms with Gasteiger partial charge in [-0.3, -0.25) is 9.59 Å². The number of anilines is 2. The van der Waals surface area contributed by atoms with Crippen LogP contribution < -0.4 is 9.80 Å². The molecule has 4 heteroatoms. The molecule has 1 unspecified atom stereocenters. The molecular weight excluding hydrogens is 384 g/mol. The van der Waals surface area contributed by atoms with Gasteiger partial charge in [0, 0.05) is 43.9 Å². The molecule has 1 atom stereocenters. The fourth-order valence-corrected chi connectivity index (χ4v) is 6.12. The van der Waals surface area contributed by atoms with E-state index in [4.69, 9.17) is 0 Å². The third-order valence-electron chi connectivity index (χ3n) is 7.91. The Morgan fingerprint density at radius 2 is 1.52 bits per heavy atom. The number of fused-ring (bicyclic) bond motifs is 4. The van der Waals surface area contributed by atoms with Crippen molar-refractivity contribution in [2.24, 2.45) is 10.8 Å². The van der Waals surface area contributed by atoms with Crippen LogP contribution in [0.2, 0.25) is 0 Å². The molecule has 0 radical (unpaired) electrons. The molecule has 162 valence electrons. The molecule has 2 heterocycles. The minimum absolute atomic E-state index is 0.118. The van der Waals surface area contributed by atoms with Crippen molar-refractivity contribution in [1.82, 2.24) is 0 Å². The summed E-state index contributed by atoms with van der Waals surface area (Å²) in [5.74, 6) is 0.280. The quantitative estimate of drug-likeness (QED) is 0.642. The van der Waals surface area contributed by atoms with E-state index < -0.39 is 5.41 Å². The lowest BCUT2D eigenvalue weighted by atomic mass is 9.56. The number of piperazine rings is 1. The standard InChI is InChI=1S/C27H32N2O2/c1-18-8-7-11-21(19(18)2)28-12-13-29-22-10-6-5-9-20(22)14-27(23(29)17-28)24(30)15-26(3,4)16-25(27)31/h5-11,23H,12-17H2,1-4H3. The molecule has 2 aromatic carbocycles. The average Bonchev–Trinajstić information content (AvgIpc) is 2.73. The van der Waals surface area contributed by atoms with Gasteiger partial charge in [0.2, 0.25) is 0 Å². The molecule has 2 fully saturated rings. The molecule has 4 nitrogen and oxygen atoms in total. The smallest absolute Gasteiger partial charge is 0.149 e. The zero-order chi connectivity index (χ0) is 22.0. The first-order valence-electron chi connectivity index (χ1n) is 11.5. The summed E-state index contributed by atoms with van der Waals surface area (Å²) in [5, 5.41) is 0. The van der Waals surface area contributed by atoms with Gasteiger partial charge in [-0.25, -0.2) is 0 Å². The SMILES string of the molecule is Cc1cccc(N2CCN3c4ccccc4CC4(C(=O)CC(C)(C)CC4=O)C3C2)c1C. The van der Waals surface area contributed by atoms with Gasteiger partial charge in [0.1, 0.15) is 17.0 Å². The Bertz CT molecular complexity index is 1050. The van der Waals surface area contributed by atoms with Gasteiger partial charge >= 0.3 is 0 Å². The summed E-state index contributed by atoms with van der Waals surface area (Å²) < 4.78 is 0. The van der Waals surface area contributed by atoms with Crippen LogP contribution in [0.4, 0.5) is 11.4 Å². The number of carbonyl (C=O) groups excluding carboxylic acids is 2. The van der Waals surface area contributed by atoms with Gasteiger partial charge in [-0.1, -0.05) is 44.2 Å². The summed E-state index contributed by atoms with van der Waals surface area (Å²) in [4.78, 5) is 32.3. The van der Waals surface area contributed by atoms with Crippen LogP contribution in [0.5, 0.6) is 0 Å². The second-order valence-corrected chi connectivity index (χ2v) is 10.5. The van der Waals surface area contributed by atoms with Crippen molar-refractivity contribution < 1.29 is 9.59 Å². The molecule has 0 N–H and O–H groups in total. The van der Waals surface area contributed by atoms with Crippen molar-refractivity contribution in [2.75, 3.05) is 29.4 Å². The van der Waals surface area contributed by atoms with Crippen molar-refractivity contribution in [3.8, 4) is 0 Å². The number of ketones is 2. The highest BCUT2D eigenvalue weighted by Gasteiger charge is 2.60. The predicted octanol–water partition coefficient (Wildman–Crippen LogP) is 4.50. The summed E-state index contributed by atoms with van der Waals surface area (Å²) in [6, 6.07) is 14.7. The van der Waals surface area contributed by atoms with Gasteiger partial charge in [0.25, 0.3) is 0 Å². The molecule has 0 bridgehead atoms. The number of hydrogen-bond donors (Lipinski definition) is 0. The van der Waals surface area contributed by atoms with Crippen LogP contribution in [0, 0.1) is 24.7 Å². The Hall–Kier alpha value is -2.62. The zero-order valence-corrected chi connectivity index (χ0v) is 19.1. The molecule has 2 aromatic rings. The van der Waals surface area contributed by atoms with Crippen LogP contribution >= 0.6 is 0 Å². The number of hydrogen-bond acceptors (Lipinski definition) is 4. The van der Waals surface area contributed by atoms with Crippen LogP contribution in [0.25, 0.3) is 0 Å². The highest BCUT2D eigenvalue weighted by molar-refractivity contribution is 6.11. The molecule has 0 aromatic heterocycles. The highest BCUT2D eigenvalue weighted by Crippen LogP contribution is 2.51. The van der Waals surface area contributed by atoms with Crippen molar-refractivity contribution in [2.45, 2.75) is 53.0 Å². The maximum absolute atomic E-state index is 13.8. The molecular formula is C27H32N2O2. The van der Waals surface area contributed by atoms with E-state index in [0.717, 1.165) is 18.7 Å². The van der Waals surface area contributed by atoms with E-state index in [2.05, 4.69) is 60.0 Å². The number of nitrogens with zero attached hydrogens (tertiary/aromatic N) is 2. The second-order valence-electron chi connectivity index (χ2n) is 10.5. The van der Waals surface area contributed by atoms with Crippen LogP contribution in [0.1, 0.15) is 43.4 Å². The third kappa shape index (κ3) is 3.02. The maximum atomic E-state index is 13.8. The van der Waals surface area contributed by atoms with Gasteiger partial charge in [-0.15, -0.1) is 0 Å². The monoisotopic (exact) mass is 416 g/mol.